The highest BCUT2D eigenvalue weighted by Gasteiger charge is 2.24. The van der Waals surface area contributed by atoms with Gasteiger partial charge in [0.1, 0.15) is 0 Å². The van der Waals surface area contributed by atoms with Crippen molar-refractivity contribution in [3.05, 3.63) is 40.7 Å². The predicted molar refractivity (Wildman–Crippen MR) is 88.2 cm³/mol. The maximum Gasteiger partial charge on any atom is 0.0948 e. The highest BCUT2D eigenvalue weighted by Crippen LogP contribution is 2.26. The minimum atomic E-state index is 0.245. The molecule has 0 radical (unpaired) electrons. The minimum absolute atomic E-state index is 0.245. The Kier molecular flexibility index (Phi) is 4.95. The lowest BCUT2D eigenvalue weighted by molar-refractivity contribution is 0.270. The molecule has 0 spiro atoms. The van der Waals surface area contributed by atoms with Crippen LogP contribution in [0.25, 0.3) is 11.3 Å². The molecule has 2 nitrogen and oxygen atoms in total. The summed E-state index contributed by atoms with van der Waals surface area (Å²) in [5.41, 5.74) is 2.54. The van der Waals surface area contributed by atoms with Crippen LogP contribution in [-0.4, -0.2) is 17.6 Å². The maximum atomic E-state index is 4.79. The quantitative estimate of drug-likeness (QED) is 0.883. The van der Waals surface area contributed by atoms with Gasteiger partial charge in [0.25, 0.3) is 0 Å². The van der Waals surface area contributed by atoms with E-state index in [0.717, 1.165) is 18.7 Å². The van der Waals surface area contributed by atoms with Crippen LogP contribution >= 0.6 is 11.3 Å². The van der Waals surface area contributed by atoms with Gasteiger partial charge in [0.2, 0.25) is 0 Å². The molecule has 1 N–H and O–H groups in total. The van der Waals surface area contributed by atoms with E-state index >= 15 is 0 Å². The van der Waals surface area contributed by atoms with Gasteiger partial charge in [0.05, 0.1) is 10.7 Å². The molecule has 1 heterocycles. The van der Waals surface area contributed by atoms with Crippen LogP contribution in [0, 0.1) is 5.41 Å². The lowest BCUT2D eigenvalue weighted by atomic mass is 9.85. The fourth-order valence-corrected chi connectivity index (χ4v) is 3.10. The van der Waals surface area contributed by atoms with Gasteiger partial charge in [-0.05, 0) is 12.0 Å². The largest absolute Gasteiger partial charge is 0.313 e. The summed E-state index contributed by atoms with van der Waals surface area (Å²) in [7, 11) is 0. The highest BCUT2D eigenvalue weighted by molar-refractivity contribution is 7.09. The Morgan fingerprint density at radius 1 is 1.20 bits per heavy atom. The Bertz CT molecular complexity index is 525. The van der Waals surface area contributed by atoms with Crippen molar-refractivity contribution >= 4 is 11.3 Å². The summed E-state index contributed by atoms with van der Waals surface area (Å²) in [6.07, 6.45) is 0.995. The van der Waals surface area contributed by atoms with Crippen LogP contribution in [0.2, 0.25) is 0 Å². The average molecular weight is 288 g/mol. The van der Waals surface area contributed by atoms with Crippen molar-refractivity contribution in [2.24, 2.45) is 5.41 Å². The third-order valence-electron chi connectivity index (χ3n) is 3.50. The summed E-state index contributed by atoms with van der Waals surface area (Å²) in [6.45, 7) is 10.0. The second-order valence-corrected chi connectivity index (χ2v) is 7.12. The van der Waals surface area contributed by atoms with Gasteiger partial charge in [0.15, 0.2) is 0 Å². The molecule has 0 saturated heterocycles. The van der Waals surface area contributed by atoms with Crippen LogP contribution in [0.15, 0.2) is 35.7 Å². The van der Waals surface area contributed by atoms with Crippen molar-refractivity contribution in [2.45, 2.75) is 40.2 Å². The first kappa shape index (κ1) is 15.2. The summed E-state index contributed by atoms with van der Waals surface area (Å²) in [5, 5.41) is 6.96. The molecule has 1 aromatic carbocycles. The van der Waals surface area contributed by atoms with Crippen LogP contribution in [-0.2, 0) is 6.42 Å². The van der Waals surface area contributed by atoms with Gasteiger partial charge in [-0.2, -0.15) is 0 Å². The van der Waals surface area contributed by atoms with E-state index in [9.17, 15) is 0 Å². The van der Waals surface area contributed by atoms with Crippen molar-refractivity contribution in [1.29, 1.82) is 0 Å². The normalized spacial score (nSPS) is 13.4. The zero-order valence-electron chi connectivity index (χ0n) is 12.8. The second kappa shape index (κ2) is 6.51. The monoisotopic (exact) mass is 288 g/mol. The number of benzene rings is 1. The molecule has 0 aliphatic rings. The van der Waals surface area contributed by atoms with E-state index in [1.165, 1.54) is 10.6 Å². The van der Waals surface area contributed by atoms with Crippen molar-refractivity contribution < 1.29 is 0 Å². The van der Waals surface area contributed by atoms with Crippen LogP contribution in [0.4, 0.5) is 0 Å². The van der Waals surface area contributed by atoms with E-state index in [2.05, 4.69) is 62.7 Å². The molecular formula is C17H24N2S. The van der Waals surface area contributed by atoms with Gasteiger partial charge in [-0.1, -0.05) is 58.0 Å². The molecule has 2 rings (SSSR count). The van der Waals surface area contributed by atoms with Gasteiger partial charge in [0, 0.05) is 23.4 Å². The third kappa shape index (κ3) is 3.90. The van der Waals surface area contributed by atoms with E-state index in [-0.39, 0.29) is 5.41 Å². The Morgan fingerprint density at radius 3 is 2.50 bits per heavy atom. The van der Waals surface area contributed by atoms with Gasteiger partial charge < -0.3 is 5.32 Å². The van der Waals surface area contributed by atoms with E-state index in [1.54, 1.807) is 11.3 Å². The Morgan fingerprint density at radius 2 is 1.90 bits per heavy atom. The van der Waals surface area contributed by atoms with E-state index < -0.39 is 0 Å². The molecule has 1 atom stereocenters. The molecule has 0 fully saturated rings. The SMILES string of the molecule is CCNC(Cc1nc(-c2ccccc2)cs1)C(C)(C)C. The average Bonchev–Trinajstić information content (AvgIpc) is 2.87. The van der Waals surface area contributed by atoms with E-state index in [4.69, 9.17) is 4.98 Å². The van der Waals surface area contributed by atoms with Gasteiger partial charge >= 0.3 is 0 Å². The number of nitrogens with one attached hydrogen (secondary N) is 1. The number of hydrogen-bond acceptors (Lipinski definition) is 3. The zero-order chi connectivity index (χ0) is 14.6. The van der Waals surface area contributed by atoms with E-state index in [1.807, 2.05) is 6.07 Å². The molecule has 0 aliphatic heterocycles. The number of rotatable bonds is 5. The standard InChI is InChI=1S/C17H24N2S/c1-5-18-15(17(2,3)4)11-16-19-14(12-20-16)13-9-7-6-8-10-13/h6-10,12,15,18H,5,11H2,1-4H3. The molecule has 20 heavy (non-hydrogen) atoms. The summed E-state index contributed by atoms with van der Waals surface area (Å²) < 4.78 is 0. The molecule has 0 amide bonds. The van der Waals surface area contributed by atoms with Crippen molar-refractivity contribution in [2.75, 3.05) is 6.54 Å². The Hall–Kier alpha value is -1.19. The van der Waals surface area contributed by atoms with Crippen LogP contribution < -0.4 is 5.32 Å². The molecule has 1 unspecified atom stereocenters. The lowest BCUT2D eigenvalue weighted by Gasteiger charge is -2.30. The smallest absolute Gasteiger partial charge is 0.0948 e. The van der Waals surface area contributed by atoms with Gasteiger partial charge in [-0.3, -0.25) is 0 Å². The van der Waals surface area contributed by atoms with Crippen molar-refractivity contribution in [1.82, 2.24) is 10.3 Å². The maximum absolute atomic E-state index is 4.79. The van der Waals surface area contributed by atoms with Crippen molar-refractivity contribution in [3.63, 3.8) is 0 Å². The number of hydrogen-bond donors (Lipinski definition) is 1. The molecule has 0 aliphatic carbocycles. The Balaban J connectivity index is 2.13. The fraction of sp³-hybridized carbons (Fsp3) is 0.471. The molecule has 0 bridgehead atoms. The van der Waals surface area contributed by atoms with Crippen molar-refractivity contribution in [3.8, 4) is 11.3 Å². The van der Waals surface area contributed by atoms with Crippen LogP contribution in [0.1, 0.15) is 32.7 Å². The molecule has 0 saturated carbocycles. The number of aromatic nitrogens is 1. The summed E-state index contributed by atoms with van der Waals surface area (Å²) in [4.78, 5) is 4.79. The summed E-state index contributed by atoms with van der Waals surface area (Å²) in [6, 6.07) is 10.9. The summed E-state index contributed by atoms with van der Waals surface area (Å²) in [5.74, 6) is 0. The van der Waals surface area contributed by atoms with Gasteiger partial charge in [-0.15, -0.1) is 11.3 Å². The zero-order valence-corrected chi connectivity index (χ0v) is 13.6. The molecular weight excluding hydrogens is 264 g/mol. The number of likely N-dealkylation sites (N-methyl/N-ethyl adjacent to an activating group) is 1. The second-order valence-electron chi connectivity index (χ2n) is 6.17. The van der Waals surface area contributed by atoms with Crippen LogP contribution in [0.3, 0.4) is 0 Å². The Labute approximate surface area is 126 Å². The van der Waals surface area contributed by atoms with Gasteiger partial charge in [-0.25, -0.2) is 4.98 Å². The predicted octanol–water partition coefficient (Wildman–Crippen LogP) is 4.38. The molecule has 3 heteroatoms. The first-order chi connectivity index (χ1) is 9.50. The number of thiazole rings is 1. The van der Waals surface area contributed by atoms with Crippen LogP contribution in [0.5, 0.6) is 0 Å². The first-order valence-corrected chi connectivity index (χ1v) is 8.12. The molecule has 1 aromatic heterocycles. The first-order valence-electron chi connectivity index (χ1n) is 7.24. The number of nitrogens with zero attached hydrogens (tertiary/aromatic N) is 1. The molecule has 2 aromatic rings. The minimum Gasteiger partial charge on any atom is -0.313 e. The van der Waals surface area contributed by atoms with E-state index in [0.29, 0.717) is 6.04 Å². The lowest BCUT2D eigenvalue weighted by Crippen LogP contribution is -2.41. The summed E-state index contributed by atoms with van der Waals surface area (Å²) >= 11 is 1.76. The fourth-order valence-electron chi connectivity index (χ4n) is 2.25. The topological polar surface area (TPSA) is 24.9 Å². The third-order valence-corrected chi connectivity index (χ3v) is 4.37. The highest BCUT2D eigenvalue weighted by atomic mass is 32.1. The molecule has 108 valence electrons.